The largest absolute Gasteiger partial charge is 0.337 e. The predicted molar refractivity (Wildman–Crippen MR) is 119 cm³/mol. The summed E-state index contributed by atoms with van der Waals surface area (Å²) in [4.78, 5) is 31.1. The van der Waals surface area contributed by atoms with Crippen LogP contribution in [0.25, 0.3) is 16.9 Å². The van der Waals surface area contributed by atoms with E-state index in [0.29, 0.717) is 36.6 Å². The summed E-state index contributed by atoms with van der Waals surface area (Å²) in [6.45, 7) is 6.88. The second-order valence-electron chi connectivity index (χ2n) is 8.20. The SMILES string of the molecule is Cc1ccccc1Cn1cnc2c1c(=O)n(CCC(C)C)c(=O)n2-c1ccc(F)cc1. The number of benzene rings is 2. The van der Waals surface area contributed by atoms with Crippen LogP contribution in [0.15, 0.2) is 64.4 Å². The Balaban J connectivity index is 1.97. The first-order valence-electron chi connectivity index (χ1n) is 10.4. The fourth-order valence-corrected chi connectivity index (χ4v) is 3.68. The van der Waals surface area contributed by atoms with Crippen molar-refractivity contribution in [2.24, 2.45) is 5.92 Å². The first-order chi connectivity index (χ1) is 14.9. The third kappa shape index (κ3) is 3.95. The van der Waals surface area contributed by atoms with Gasteiger partial charge in [-0.05, 0) is 54.7 Å². The maximum Gasteiger partial charge on any atom is 0.337 e. The standard InChI is InChI=1S/C24H25FN4O2/c1-16(2)12-13-28-23(30)21-22(29(24(28)31)20-10-8-19(25)9-11-20)26-15-27(21)14-18-7-5-4-6-17(18)3/h4-11,15-16H,12-14H2,1-3H3. The van der Waals surface area contributed by atoms with Crippen molar-refractivity contribution in [3.63, 3.8) is 0 Å². The lowest BCUT2D eigenvalue weighted by Gasteiger charge is -2.14. The number of aromatic nitrogens is 4. The first kappa shape index (κ1) is 20.8. The van der Waals surface area contributed by atoms with Crippen LogP contribution in [0.5, 0.6) is 0 Å². The summed E-state index contributed by atoms with van der Waals surface area (Å²) in [7, 11) is 0. The van der Waals surface area contributed by atoms with Gasteiger partial charge < -0.3 is 4.57 Å². The summed E-state index contributed by atoms with van der Waals surface area (Å²) in [6.07, 6.45) is 2.28. The average Bonchev–Trinajstić information content (AvgIpc) is 3.14. The van der Waals surface area contributed by atoms with Gasteiger partial charge >= 0.3 is 5.69 Å². The van der Waals surface area contributed by atoms with Crippen LogP contribution in [0.3, 0.4) is 0 Å². The minimum atomic E-state index is -0.467. The average molecular weight is 420 g/mol. The maximum atomic E-state index is 13.5. The minimum absolute atomic E-state index is 0.274. The molecule has 4 rings (SSSR count). The molecule has 0 aliphatic heterocycles. The topological polar surface area (TPSA) is 61.8 Å². The maximum absolute atomic E-state index is 13.5. The van der Waals surface area contributed by atoms with Crippen molar-refractivity contribution in [2.45, 2.75) is 40.3 Å². The monoisotopic (exact) mass is 420 g/mol. The van der Waals surface area contributed by atoms with Crippen molar-refractivity contribution in [3.05, 3.63) is 92.6 Å². The van der Waals surface area contributed by atoms with Crippen LogP contribution in [-0.4, -0.2) is 18.7 Å². The second-order valence-corrected chi connectivity index (χ2v) is 8.20. The van der Waals surface area contributed by atoms with Gasteiger partial charge in [0, 0.05) is 13.1 Å². The molecular formula is C24H25FN4O2. The third-order valence-electron chi connectivity index (χ3n) is 5.52. The zero-order valence-electron chi connectivity index (χ0n) is 17.9. The van der Waals surface area contributed by atoms with Gasteiger partial charge in [-0.15, -0.1) is 0 Å². The summed E-state index contributed by atoms with van der Waals surface area (Å²) < 4.78 is 17.9. The van der Waals surface area contributed by atoms with E-state index < -0.39 is 11.5 Å². The van der Waals surface area contributed by atoms with Crippen LogP contribution in [0.4, 0.5) is 4.39 Å². The van der Waals surface area contributed by atoms with Gasteiger partial charge in [-0.2, -0.15) is 0 Å². The molecule has 160 valence electrons. The quantitative estimate of drug-likeness (QED) is 0.475. The van der Waals surface area contributed by atoms with Crippen LogP contribution >= 0.6 is 0 Å². The Hall–Kier alpha value is -3.48. The Morgan fingerprint density at radius 2 is 1.74 bits per heavy atom. The van der Waals surface area contributed by atoms with E-state index in [9.17, 15) is 14.0 Å². The number of rotatable bonds is 6. The molecule has 0 amide bonds. The number of aryl methyl sites for hydroxylation is 1. The first-order valence-corrected chi connectivity index (χ1v) is 10.4. The van der Waals surface area contributed by atoms with E-state index in [1.54, 1.807) is 10.9 Å². The number of hydrogen-bond donors (Lipinski definition) is 0. The van der Waals surface area contributed by atoms with Crippen molar-refractivity contribution in [1.82, 2.24) is 18.7 Å². The van der Waals surface area contributed by atoms with Crippen LogP contribution in [0.1, 0.15) is 31.4 Å². The molecule has 0 saturated carbocycles. The fraction of sp³-hybridized carbons (Fsp3) is 0.292. The van der Waals surface area contributed by atoms with E-state index >= 15 is 0 Å². The zero-order chi connectivity index (χ0) is 22.1. The number of halogens is 1. The van der Waals surface area contributed by atoms with Gasteiger partial charge in [0.05, 0.1) is 12.0 Å². The lowest BCUT2D eigenvalue weighted by atomic mass is 10.1. The molecule has 0 fully saturated rings. The summed E-state index contributed by atoms with van der Waals surface area (Å²) in [5.41, 5.74) is 2.45. The number of nitrogens with zero attached hydrogens (tertiary/aromatic N) is 4. The Labute approximate surface area is 179 Å². The minimum Gasteiger partial charge on any atom is -0.320 e. The van der Waals surface area contributed by atoms with Crippen molar-refractivity contribution in [2.75, 3.05) is 0 Å². The number of hydrogen-bond acceptors (Lipinski definition) is 3. The lowest BCUT2D eigenvalue weighted by molar-refractivity contribution is 0.491. The molecule has 0 saturated heterocycles. The van der Waals surface area contributed by atoms with E-state index in [1.165, 1.54) is 33.4 Å². The summed E-state index contributed by atoms with van der Waals surface area (Å²) in [6, 6.07) is 13.6. The Morgan fingerprint density at radius 3 is 2.42 bits per heavy atom. The van der Waals surface area contributed by atoms with E-state index in [-0.39, 0.29) is 11.2 Å². The summed E-state index contributed by atoms with van der Waals surface area (Å²) in [5.74, 6) is -0.0654. The molecule has 2 heterocycles. The Kier molecular flexibility index (Phi) is 5.59. The highest BCUT2D eigenvalue weighted by Gasteiger charge is 2.19. The molecule has 0 aliphatic carbocycles. The van der Waals surface area contributed by atoms with Gasteiger partial charge in [0.25, 0.3) is 5.56 Å². The van der Waals surface area contributed by atoms with Crippen molar-refractivity contribution in [3.8, 4) is 5.69 Å². The van der Waals surface area contributed by atoms with Crippen LogP contribution in [0, 0.1) is 18.7 Å². The third-order valence-corrected chi connectivity index (χ3v) is 5.52. The molecule has 7 heteroatoms. The number of imidazole rings is 1. The van der Waals surface area contributed by atoms with E-state index in [4.69, 9.17) is 0 Å². The molecule has 31 heavy (non-hydrogen) atoms. The van der Waals surface area contributed by atoms with Crippen molar-refractivity contribution < 1.29 is 4.39 Å². The lowest BCUT2D eigenvalue weighted by Crippen LogP contribution is -2.40. The summed E-state index contributed by atoms with van der Waals surface area (Å²) >= 11 is 0. The van der Waals surface area contributed by atoms with Gasteiger partial charge in [0.15, 0.2) is 11.2 Å². The van der Waals surface area contributed by atoms with Crippen LogP contribution in [-0.2, 0) is 13.1 Å². The summed E-state index contributed by atoms with van der Waals surface area (Å²) in [5, 5.41) is 0. The highest BCUT2D eigenvalue weighted by atomic mass is 19.1. The number of fused-ring (bicyclic) bond motifs is 1. The van der Waals surface area contributed by atoms with Gasteiger partial charge in [0.1, 0.15) is 5.82 Å². The molecule has 6 nitrogen and oxygen atoms in total. The van der Waals surface area contributed by atoms with Crippen LogP contribution < -0.4 is 11.2 Å². The fourth-order valence-electron chi connectivity index (χ4n) is 3.68. The molecular weight excluding hydrogens is 395 g/mol. The molecule has 2 aromatic heterocycles. The van der Waals surface area contributed by atoms with Crippen molar-refractivity contribution >= 4 is 11.2 Å². The van der Waals surface area contributed by atoms with Gasteiger partial charge in [-0.3, -0.25) is 9.36 Å². The van der Waals surface area contributed by atoms with Crippen molar-refractivity contribution in [1.29, 1.82) is 0 Å². The normalized spacial score (nSPS) is 11.5. The van der Waals surface area contributed by atoms with E-state index in [0.717, 1.165) is 11.1 Å². The van der Waals surface area contributed by atoms with E-state index in [2.05, 4.69) is 4.98 Å². The van der Waals surface area contributed by atoms with Gasteiger partial charge in [-0.25, -0.2) is 18.7 Å². The molecule has 0 atom stereocenters. The highest BCUT2D eigenvalue weighted by Crippen LogP contribution is 2.17. The Morgan fingerprint density at radius 1 is 1.03 bits per heavy atom. The molecule has 0 radical (unpaired) electrons. The zero-order valence-corrected chi connectivity index (χ0v) is 17.9. The highest BCUT2D eigenvalue weighted by molar-refractivity contribution is 5.72. The van der Waals surface area contributed by atoms with Crippen LogP contribution in [0.2, 0.25) is 0 Å². The smallest absolute Gasteiger partial charge is 0.320 e. The molecule has 0 aliphatic rings. The molecule has 0 spiro atoms. The second kappa shape index (κ2) is 8.34. The Bertz CT molecular complexity index is 1350. The molecule has 4 aromatic rings. The van der Waals surface area contributed by atoms with E-state index in [1.807, 2.05) is 45.0 Å². The molecule has 0 bridgehead atoms. The van der Waals surface area contributed by atoms with Gasteiger partial charge in [-0.1, -0.05) is 38.1 Å². The molecule has 0 N–H and O–H groups in total. The van der Waals surface area contributed by atoms with Gasteiger partial charge in [0.2, 0.25) is 0 Å². The molecule has 2 aromatic carbocycles. The predicted octanol–water partition coefficient (Wildman–Crippen LogP) is 3.89. The molecule has 0 unspecified atom stereocenters.